The number of hydrogen-bond acceptors (Lipinski definition) is 2. The number of hydrogen-bond donors (Lipinski definition) is 2. The first-order valence-corrected chi connectivity index (χ1v) is 10.3. The van der Waals surface area contributed by atoms with Gasteiger partial charge >= 0.3 is 0 Å². The molecule has 2 unspecified atom stereocenters. The monoisotopic (exact) mass is 403 g/mol. The molecule has 1 amide bonds. The van der Waals surface area contributed by atoms with E-state index in [1.54, 1.807) is 25.1 Å². The molecule has 0 aliphatic heterocycles. The molecule has 2 N–H and O–H groups in total. The maximum Gasteiger partial charge on any atom is 0.241 e. The van der Waals surface area contributed by atoms with Crippen molar-refractivity contribution in [1.82, 2.24) is 9.88 Å². The number of aryl methyl sites for hydroxylation is 1. The third-order valence-corrected chi connectivity index (χ3v) is 5.62. The summed E-state index contributed by atoms with van der Waals surface area (Å²) in [5.41, 5.74) is 3.63. The molecule has 3 aromatic carbocycles. The van der Waals surface area contributed by atoms with E-state index in [-0.39, 0.29) is 17.8 Å². The zero-order valence-corrected chi connectivity index (χ0v) is 17.4. The van der Waals surface area contributed by atoms with Crippen LogP contribution in [0.3, 0.4) is 0 Å². The number of carbonyl (C=O) groups excluding carboxylic acids is 1. The molecule has 4 aromatic rings. The molecule has 1 aromatic heterocycles. The minimum absolute atomic E-state index is 0.156. The predicted molar refractivity (Wildman–Crippen MR) is 121 cm³/mol. The first-order chi connectivity index (χ1) is 14.5. The van der Waals surface area contributed by atoms with Crippen LogP contribution in [0.5, 0.6) is 0 Å². The number of aromatic nitrogens is 1. The average Bonchev–Trinajstić information content (AvgIpc) is 3.07. The zero-order valence-electron chi connectivity index (χ0n) is 17.4. The highest BCUT2D eigenvalue weighted by atomic mass is 19.1. The molecule has 0 aliphatic rings. The van der Waals surface area contributed by atoms with E-state index >= 15 is 0 Å². The summed E-state index contributed by atoms with van der Waals surface area (Å²) in [5.74, 6) is -0.431. The zero-order chi connectivity index (χ0) is 21.3. The summed E-state index contributed by atoms with van der Waals surface area (Å²) in [4.78, 5) is 12.8. The van der Waals surface area contributed by atoms with Crippen LogP contribution < -0.4 is 10.6 Å². The lowest BCUT2D eigenvalue weighted by molar-refractivity contribution is -0.117. The molecule has 5 heteroatoms. The Bertz CT molecular complexity index is 1210. The lowest BCUT2D eigenvalue weighted by Crippen LogP contribution is -2.39. The fourth-order valence-corrected chi connectivity index (χ4v) is 4.09. The lowest BCUT2D eigenvalue weighted by atomic mass is 10.1. The number of nitrogens with zero attached hydrogens (tertiary/aromatic N) is 1. The molecule has 4 rings (SSSR count). The summed E-state index contributed by atoms with van der Waals surface area (Å²) in [6.07, 6.45) is 0. The minimum atomic E-state index is -0.479. The first kappa shape index (κ1) is 20.1. The van der Waals surface area contributed by atoms with Crippen LogP contribution >= 0.6 is 0 Å². The quantitative estimate of drug-likeness (QED) is 0.438. The van der Waals surface area contributed by atoms with Crippen molar-refractivity contribution < 1.29 is 9.18 Å². The number of benzene rings is 3. The van der Waals surface area contributed by atoms with Gasteiger partial charge in [0.2, 0.25) is 5.91 Å². The topological polar surface area (TPSA) is 46.1 Å². The van der Waals surface area contributed by atoms with Crippen molar-refractivity contribution in [3.05, 3.63) is 78.1 Å². The van der Waals surface area contributed by atoms with E-state index in [0.717, 1.165) is 23.1 Å². The SMILES string of the molecule is CCn1c2ccccc2c2cc(NC(=O)C(C)NC(C)c3ccccc3F)ccc21. The average molecular weight is 404 g/mol. The Labute approximate surface area is 175 Å². The van der Waals surface area contributed by atoms with Gasteiger partial charge in [-0.3, -0.25) is 10.1 Å². The molecule has 0 saturated heterocycles. The molecule has 0 saturated carbocycles. The van der Waals surface area contributed by atoms with Crippen molar-refractivity contribution in [2.24, 2.45) is 0 Å². The van der Waals surface area contributed by atoms with Crippen molar-refractivity contribution >= 4 is 33.4 Å². The number of rotatable bonds is 6. The van der Waals surface area contributed by atoms with Gasteiger partial charge < -0.3 is 9.88 Å². The number of nitrogens with one attached hydrogen (secondary N) is 2. The molecule has 0 fully saturated rings. The molecule has 30 heavy (non-hydrogen) atoms. The minimum Gasteiger partial charge on any atom is -0.341 e. The lowest BCUT2D eigenvalue weighted by Gasteiger charge is -2.20. The Morgan fingerprint density at radius 3 is 2.43 bits per heavy atom. The molecular weight excluding hydrogens is 377 g/mol. The number of anilines is 1. The molecule has 1 heterocycles. The van der Waals surface area contributed by atoms with Gasteiger partial charge in [-0.05, 0) is 51.1 Å². The first-order valence-electron chi connectivity index (χ1n) is 10.3. The van der Waals surface area contributed by atoms with Gasteiger partial charge in [0.05, 0.1) is 6.04 Å². The molecule has 4 nitrogen and oxygen atoms in total. The number of amides is 1. The Morgan fingerprint density at radius 2 is 1.67 bits per heavy atom. The van der Waals surface area contributed by atoms with E-state index < -0.39 is 6.04 Å². The molecule has 0 spiro atoms. The third kappa shape index (κ3) is 3.68. The van der Waals surface area contributed by atoms with Crippen molar-refractivity contribution in [2.45, 2.75) is 39.4 Å². The van der Waals surface area contributed by atoms with Crippen LogP contribution in [0.4, 0.5) is 10.1 Å². The maximum absolute atomic E-state index is 14.0. The van der Waals surface area contributed by atoms with E-state index in [1.165, 1.54) is 17.0 Å². The van der Waals surface area contributed by atoms with Crippen molar-refractivity contribution in [1.29, 1.82) is 0 Å². The number of fused-ring (bicyclic) bond motifs is 3. The van der Waals surface area contributed by atoms with E-state index in [0.29, 0.717) is 5.56 Å². The largest absolute Gasteiger partial charge is 0.341 e. The van der Waals surface area contributed by atoms with E-state index in [2.05, 4.69) is 40.3 Å². The van der Waals surface area contributed by atoms with Crippen LogP contribution in [-0.2, 0) is 11.3 Å². The second-order valence-electron chi connectivity index (χ2n) is 7.61. The van der Waals surface area contributed by atoms with E-state index in [4.69, 9.17) is 0 Å². The van der Waals surface area contributed by atoms with Crippen LogP contribution in [0.2, 0.25) is 0 Å². The molecule has 0 aliphatic carbocycles. The summed E-state index contributed by atoms with van der Waals surface area (Å²) in [6.45, 7) is 6.65. The normalized spacial score (nSPS) is 13.5. The third-order valence-electron chi connectivity index (χ3n) is 5.62. The summed E-state index contributed by atoms with van der Waals surface area (Å²) < 4.78 is 16.3. The molecule has 0 radical (unpaired) electrons. The summed E-state index contributed by atoms with van der Waals surface area (Å²) in [6, 6.07) is 20.2. The highest BCUT2D eigenvalue weighted by Crippen LogP contribution is 2.31. The van der Waals surface area contributed by atoms with Gasteiger partial charge in [0, 0.05) is 45.6 Å². The molecular formula is C25H26FN3O. The number of para-hydroxylation sites is 1. The Morgan fingerprint density at radius 1 is 0.967 bits per heavy atom. The van der Waals surface area contributed by atoms with Gasteiger partial charge in [-0.15, -0.1) is 0 Å². The van der Waals surface area contributed by atoms with Crippen molar-refractivity contribution in [3.8, 4) is 0 Å². The summed E-state index contributed by atoms with van der Waals surface area (Å²) >= 11 is 0. The Balaban J connectivity index is 1.54. The highest BCUT2D eigenvalue weighted by molar-refractivity contribution is 6.10. The Hall–Kier alpha value is -3.18. The van der Waals surface area contributed by atoms with Gasteiger partial charge in [-0.25, -0.2) is 4.39 Å². The van der Waals surface area contributed by atoms with Crippen LogP contribution in [-0.4, -0.2) is 16.5 Å². The molecule has 154 valence electrons. The molecule has 2 atom stereocenters. The van der Waals surface area contributed by atoms with Crippen LogP contribution in [0, 0.1) is 5.82 Å². The van der Waals surface area contributed by atoms with Crippen molar-refractivity contribution in [2.75, 3.05) is 5.32 Å². The second-order valence-corrected chi connectivity index (χ2v) is 7.61. The fraction of sp³-hybridized carbons (Fsp3) is 0.240. The summed E-state index contributed by atoms with van der Waals surface area (Å²) in [7, 11) is 0. The van der Waals surface area contributed by atoms with Crippen LogP contribution in [0.1, 0.15) is 32.4 Å². The van der Waals surface area contributed by atoms with Gasteiger partial charge in [0.25, 0.3) is 0 Å². The van der Waals surface area contributed by atoms with Gasteiger partial charge in [-0.2, -0.15) is 0 Å². The fourth-order valence-electron chi connectivity index (χ4n) is 4.09. The van der Waals surface area contributed by atoms with E-state index in [1.807, 2.05) is 31.2 Å². The van der Waals surface area contributed by atoms with Gasteiger partial charge in [-0.1, -0.05) is 36.4 Å². The van der Waals surface area contributed by atoms with Crippen molar-refractivity contribution in [3.63, 3.8) is 0 Å². The van der Waals surface area contributed by atoms with Gasteiger partial charge in [0.15, 0.2) is 0 Å². The maximum atomic E-state index is 14.0. The highest BCUT2D eigenvalue weighted by Gasteiger charge is 2.19. The van der Waals surface area contributed by atoms with E-state index in [9.17, 15) is 9.18 Å². The second kappa shape index (κ2) is 8.28. The summed E-state index contributed by atoms with van der Waals surface area (Å²) in [5, 5.41) is 8.46. The predicted octanol–water partition coefficient (Wildman–Crippen LogP) is 5.63. The number of carbonyl (C=O) groups is 1. The Kier molecular flexibility index (Phi) is 5.55. The van der Waals surface area contributed by atoms with Crippen LogP contribution in [0.25, 0.3) is 21.8 Å². The smallest absolute Gasteiger partial charge is 0.241 e. The standard InChI is InChI=1S/C25H26FN3O/c1-4-29-23-12-8-6-10-20(23)21-15-18(13-14-24(21)29)28-25(30)17(3)27-16(2)19-9-5-7-11-22(19)26/h5-17,27H,4H2,1-3H3,(H,28,30). The number of halogens is 1. The van der Waals surface area contributed by atoms with Crippen LogP contribution in [0.15, 0.2) is 66.7 Å². The van der Waals surface area contributed by atoms with Gasteiger partial charge in [0.1, 0.15) is 5.82 Å². The molecule has 0 bridgehead atoms.